The normalized spacial score (nSPS) is 10.4. The average Bonchev–Trinajstić information content (AvgIpc) is 2.49. The van der Waals surface area contributed by atoms with Gasteiger partial charge in [-0.1, -0.05) is 11.6 Å². The first-order valence-corrected chi connectivity index (χ1v) is 6.10. The molecule has 0 saturated carbocycles. The molecule has 0 fully saturated rings. The van der Waals surface area contributed by atoms with E-state index in [1.54, 1.807) is 30.6 Å². The van der Waals surface area contributed by atoms with E-state index in [4.69, 9.17) is 11.6 Å². The fourth-order valence-electron chi connectivity index (χ4n) is 1.69. The van der Waals surface area contributed by atoms with E-state index in [9.17, 15) is 4.79 Å². The first kappa shape index (κ1) is 12.4. The lowest BCUT2D eigenvalue weighted by atomic mass is 10.2. The summed E-state index contributed by atoms with van der Waals surface area (Å²) in [5.41, 5.74) is 1.81. The van der Waals surface area contributed by atoms with Gasteiger partial charge in [0.15, 0.2) is 11.0 Å². The summed E-state index contributed by atoms with van der Waals surface area (Å²) in [7, 11) is 0. The van der Waals surface area contributed by atoms with Crippen LogP contribution in [0.3, 0.4) is 0 Å². The van der Waals surface area contributed by atoms with E-state index >= 15 is 0 Å². The summed E-state index contributed by atoms with van der Waals surface area (Å²) in [6.45, 7) is 0. The van der Waals surface area contributed by atoms with Crippen molar-refractivity contribution in [1.82, 2.24) is 19.9 Å². The number of hydrogen-bond donors (Lipinski definition) is 1. The Balaban J connectivity index is 1.91. The molecule has 2 aromatic heterocycles. The number of carbonyl (C=O) groups excluding carboxylic acids is 1. The van der Waals surface area contributed by atoms with Gasteiger partial charge in [-0.25, -0.2) is 9.97 Å². The van der Waals surface area contributed by atoms with Crippen LogP contribution in [-0.2, 0) is 0 Å². The Labute approximate surface area is 118 Å². The minimum absolute atomic E-state index is 0.140. The Morgan fingerprint density at radius 1 is 0.950 bits per heavy atom. The third-order valence-electron chi connectivity index (χ3n) is 2.62. The Kier molecular flexibility index (Phi) is 3.22. The molecule has 0 aliphatic rings. The number of benzene rings is 1. The summed E-state index contributed by atoms with van der Waals surface area (Å²) in [4.78, 5) is 28.2. The van der Waals surface area contributed by atoms with Crippen LogP contribution in [0.4, 0.5) is 5.82 Å². The van der Waals surface area contributed by atoms with Crippen molar-refractivity contribution in [3.8, 4) is 0 Å². The van der Waals surface area contributed by atoms with Crippen molar-refractivity contribution in [3.63, 3.8) is 0 Å². The molecule has 6 nitrogen and oxygen atoms in total. The number of nitrogens with zero attached hydrogens (tertiary/aromatic N) is 4. The van der Waals surface area contributed by atoms with Crippen LogP contribution in [-0.4, -0.2) is 25.8 Å². The largest absolute Gasteiger partial charge is 0.304 e. The van der Waals surface area contributed by atoms with Gasteiger partial charge in [0.25, 0.3) is 5.91 Å². The number of anilines is 1. The van der Waals surface area contributed by atoms with Crippen LogP contribution < -0.4 is 5.32 Å². The topological polar surface area (TPSA) is 80.7 Å². The fourth-order valence-corrected chi connectivity index (χ4v) is 1.84. The van der Waals surface area contributed by atoms with Crippen molar-refractivity contribution in [2.45, 2.75) is 0 Å². The highest BCUT2D eigenvalue weighted by atomic mass is 35.5. The SMILES string of the molecule is O=C(Nc1nccnc1Cl)c1ccc2nccnc2c1. The predicted octanol–water partition coefficient (Wildman–Crippen LogP) is 2.33. The maximum atomic E-state index is 12.1. The Morgan fingerprint density at radius 3 is 2.45 bits per heavy atom. The first-order chi connectivity index (χ1) is 9.74. The third-order valence-corrected chi connectivity index (χ3v) is 2.89. The van der Waals surface area contributed by atoms with E-state index < -0.39 is 0 Å². The molecule has 1 N–H and O–H groups in total. The zero-order valence-corrected chi connectivity index (χ0v) is 10.9. The van der Waals surface area contributed by atoms with Crippen molar-refractivity contribution < 1.29 is 4.79 Å². The first-order valence-electron chi connectivity index (χ1n) is 5.73. The van der Waals surface area contributed by atoms with E-state index in [0.717, 1.165) is 5.52 Å². The molecule has 0 radical (unpaired) electrons. The standard InChI is InChI=1S/C13H8ClN5O/c14-11-12(18-6-5-17-11)19-13(20)8-1-2-9-10(7-8)16-4-3-15-9/h1-7H,(H,18,19,20). The summed E-state index contributed by atoms with van der Waals surface area (Å²) in [5.74, 6) is -0.113. The molecule has 0 aliphatic heterocycles. The van der Waals surface area contributed by atoms with Gasteiger partial charge < -0.3 is 5.32 Å². The van der Waals surface area contributed by atoms with Gasteiger partial charge in [0.1, 0.15) is 0 Å². The maximum Gasteiger partial charge on any atom is 0.256 e. The minimum Gasteiger partial charge on any atom is -0.304 e. The highest BCUT2D eigenvalue weighted by molar-refractivity contribution is 6.32. The van der Waals surface area contributed by atoms with Crippen LogP contribution in [0.25, 0.3) is 11.0 Å². The number of amides is 1. The minimum atomic E-state index is -0.333. The number of nitrogens with one attached hydrogen (secondary N) is 1. The second-order valence-corrected chi connectivity index (χ2v) is 4.27. The Hall–Kier alpha value is -2.60. The van der Waals surface area contributed by atoms with Crippen molar-refractivity contribution in [2.24, 2.45) is 0 Å². The summed E-state index contributed by atoms with van der Waals surface area (Å²) >= 11 is 5.84. The van der Waals surface area contributed by atoms with Gasteiger partial charge in [-0.3, -0.25) is 14.8 Å². The van der Waals surface area contributed by atoms with E-state index in [1.807, 2.05) is 0 Å². The molecular weight excluding hydrogens is 278 g/mol. The lowest BCUT2D eigenvalue weighted by molar-refractivity contribution is 0.102. The molecule has 0 spiro atoms. The molecule has 0 aliphatic carbocycles. The summed E-state index contributed by atoms with van der Waals surface area (Å²) < 4.78 is 0. The molecule has 2 heterocycles. The van der Waals surface area contributed by atoms with Gasteiger partial charge in [-0.2, -0.15) is 0 Å². The smallest absolute Gasteiger partial charge is 0.256 e. The number of rotatable bonds is 2. The molecule has 0 atom stereocenters. The zero-order valence-electron chi connectivity index (χ0n) is 10.1. The second kappa shape index (κ2) is 5.18. The van der Waals surface area contributed by atoms with Gasteiger partial charge in [0.2, 0.25) is 0 Å². The van der Waals surface area contributed by atoms with Crippen LogP contribution in [0.1, 0.15) is 10.4 Å². The van der Waals surface area contributed by atoms with Gasteiger partial charge in [-0.05, 0) is 18.2 Å². The average molecular weight is 286 g/mol. The molecule has 0 saturated heterocycles. The van der Waals surface area contributed by atoms with Crippen LogP contribution in [0.5, 0.6) is 0 Å². The Bertz CT molecular complexity index is 792. The summed E-state index contributed by atoms with van der Waals surface area (Å²) in [5, 5.41) is 2.74. The zero-order chi connectivity index (χ0) is 13.9. The van der Waals surface area contributed by atoms with Crippen LogP contribution in [0.15, 0.2) is 43.0 Å². The predicted molar refractivity (Wildman–Crippen MR) is 74.5 cm³/mol. The number of carbonyl (C=O) groups is 1. The van der Waals surface area contributed by atoms with E-state index in [-0.39, 0.29) is 16.9 Å². The second-order valence-electron chi connectivity index (χ2n) is 3.91. The van der Waals surface area contributed by atoms with Crippen LogP contribution in [0, 0.1) is 0 Å². The third kappa shape index (κ3) is 2.41. The quantitative estimate of drug-likeness (QED) is 0.781. The molecule has 3 rings (SSSR count). The van der Waals surface area contributed by atoms with Gasteiger partial charge in [-0.15, -0.1) is 0 Å². The van der Waals surface area contributed by atoms with Crippen LogP contribution >= 0.6 is 11.6 Å². The number of halogens is 1. The number of hydrogen-bond acceptors (Lipinski definition) is 5. The lowest BCUT2D eigenvalue weighted by Crippen LogP contribution is -2.13. The van der Waals surface area contributed by atoms with Crippen molar-refractivity contribution in [2.75, 3.05) is 5.32 Å². The van der Waals surface area contributed by atoms with Gasteiger partial charge in [0, 0.05) is 30.4 Å². The highest BCUT2D eigenvalue weighted by Crippen LogP contribution is 2.16. The van der Waals surface area contributed by atoms with Crippen molar-refractivity contribution in [3.05, 3.63) is 53.7 Å². The van der Waals surface area contributed by atoms with Crippen molar-refractivity contribution >= 4 is 34.4 Å². The fraction of sp³-hybridized carbons (Fsp3) is 0. The van der Waals surface area contributed by atoms with E-state index in [2.05, 4.69) is 25.3 Å². The molecule has 1 amide bonds. The molecule has 7 heteroatoms. The van der Waals surface area contributed by atoms with E-state index in [1.165, 1.54) is 12.4 Å². The summed E-state index contributed by atoms with van der Waals surface area (Å²) in [6.07, 6.45) is 6.07. The molecule has 0 bridgehead atoms. The maximum absolute atomic E-state index is 12.1. The van der Waals surface area contributed by atoms with Gasteiger partial charge >= 0.3 is 0 Å². The lowest BCUT2D eigenvalue weighted by Gasteiger charge is -2.05. The van der Waals surface area contributed by atoms with E-state index in [0.29, 0.717) is 11.1 Å². The number of aromatic nitrogens is 4. The molecular formula is C13H8ClN5O. The van der Waals surface area contributed by atoms with Crippen molar-refractivity contribution in [1.29, 1.82) is 0 Å². The molecule has 20 heavy (non-hydrogen) atoms. The summed E-state index contributed by atoms with van der Waals surface area (Å²) in [6, 6.07) is 5.05. The monoisotopic (exact) mass is 285 g/mol. The Morgan fingerprint density at radius 2 is 1.65 bits per heavy atom. The van der Waals surface area contributed by atoms with Gasteiger partial charge in [0.05, 0.1) is 11.0 Å². The van der Waals surface area contributed by atoms with Crippen LogP contribution in [0.2, 0.25) is 5.15 Å². The molecule has 98 valence electrons. The molecule has 3 aromatic rings. The molecule has 0 unspecified atom stereocenters. The highest BCUT2D eigenvalue weighted by Gasteiger charge is 2.10. The molecule has 1 aromatic carbocycles. The number of fused-ring (bicyclic) bond motifs is 1.